The van der Waals surface area contributed by atoms with Crippen LogP contribution in [-0.2, 0) is 0 Å². The number of benzene rings is 2. The second-order valence-electron chi connectivity index (χ2n) is 4.93. The first kappa shape index (κ1) is 15.1. The van der Waals surface area contributed by atoms with Crippen LogP contribution in [0.5, 0.6) is 5.75 Å². The molecule has 114 valence electrons. The minimum absolute atomic E-state index is 0.124. The summed E-state index contributed by atoms with van der Waals surface area (Å²) in [6, 6.07) is 14.5. The first-order valence-electron chi connectivity index (χ1n) is 6.96. The highest BCUT2D eigenvalue weighted by Gasteiger charge is 2.05. The summed E-state index contributed by atoms with van der Waals surface area (Å²) in [5.74, 6) is 0.124. The van der Waals surface area contributed by atoms with Gasteiger partial charge in [0.15, 0.2) is 0 Å². The predicted molar refractivity (Wildman–Crippen MR) is 94.6 cm³/mol. The Kier molecular flexibility index (Phi) is 4.26. The number of nitrogens with zero attached hydrogens (tertiary/aromatic N) is 2. The van der Waals surface area contributed by atoms with Gasteiger partial charge in [0, 0.05) is 16.6 Å². The van der Waals surface area contributed by atoms with Crippen molar-refractivity contribution in [2.45, 2.75) is 0 Å². The van der Waals surface area contributed by atoms with Crippen LogP contribution in [0.4, 0.5) is 0 Å². The number of nitrogens with one attached hydrogen (secondary N) is 1. The molecule has 1 heterocycles. The molecule has 3 aromatic rings. The van der Waals surface area contributed by atoms with E-state index in [0.717, 1.165) is 10.9 Å². The van der Waals surface area contributed by atoms with Crippen LogP contribution >= 0.6 is 11.6 Å². The fraction of sp³-hybridized carbons (Fsp3) is 0. The van der Waals surface area contributed by atoms with Gasteiger partial charge in [-0.25, -0.2) is 0 Å². The van der Waals surface area contributed by atoms with Crippen molar-refractivity contribution in [3.05, 3.63) is 77.5 Å². The van der Waals surface area contributed by atoms with Crippen LogP contribution in [0.25, 0.3) is 16.6 Å². The Morgan fingerprint density at radius 1 is 1.17 bits per heavy atom. The van der Waals surface area contributed by atoms with Crippen LogP contribution in [-0.4, -0.2) is 16.3 Å². The van der Waals surface area contributed by atoms with Crippen LogP contribution in [0.1, 0.15) is 11.1 Å². The van der Waals surface area contributed by atoms with Gasteiger partial charge in [0.2, 0.25) is 0 Å². The van der Waals surface area contributed by atoms with E-state index >= 15 is 0 Å². The van der Waals surface area contributed by atoms with E-state index in [9.17, 15) is 5.11 Å². The zero-order valence-electron chi connectivity index (χ0n) is 12.2. The summed E-state index contributed by atoms with van der Waals surface area (Å²) in [5, 5.41) is 15.8. The van der Waals surface area contributed by atoms with E-state index in [1.165, 1.54) is 6.21 Å². The van der Waals surface area contributed by atoms with Crippen molar-refractivity contribution in [3.63, 3.8) is 0 Å². The van der Waals surface area contributed by atoms with E-state index in [1.807, 2.05) is 30.3 Å². The Morgan fingerprint density at radius 3 is 2.74 bits per heavy atom. The van der Waals surface area contributed by atoms with Crippen molar-refractivity contribution in [1.82, 2.24) is 10.4 Å². The number of phenols is 1. The van der Waals surface area contributed by atoms with Crippen molar-refractivity contribution >= 4 is 34.4 Å². The molecule has 3 rings (SSSR count). The maximum atomic E-state index is 10.0. The monoisotopic (exact) mass is 323 g/mol. The maximum absolute atomic E-state index is 10.0. The van der Waals surface area contributed by atoms with Crippen LogP contribution < -0.4 is 5.43 Å². The third-order valence-corrected chi connectivity index (χ3v) is 3.63. The number of halogens is 1. The maximum Gasteiger partial charge on any atom is 0.126 e. The molecule has 0 aliphatic heterocycles. The van der Waals surface area contributed by atoms with Crippen molar-refractivity contribution in [2.24, 2.45) is 5.10 Å². The van der Waals surface area contributed by atoms with E-state index < -0.39 is 0 Å². The Bertz CT molecular complexity index is 888. The SMILES string of the molecule is C=C(N/N=C/c1c(O)ccc2cccnc12)c1ccc(Cl)cc1. The molecule has 23 heavy (non-hydrogen) atoms. The summed E-state index contributed by atoms with van der Waals surface area (Å²) in [7, 11) is 0. The van der Waals surface area contributed by atoms with E-state index in [-0.39, 0.29) is 5.75 Å². The molecular weight excluding hydrogens is 310 g/mol. The van der Waals surface area contributed by atoms with Gasteiger partial charge in [0.25, 0.3) is 0 Å². The molecule has 0 amide bonds. The number of aromatic hydroxyl groups is 1. The topological polar surface area (TPSA) is 57.5 Å². The molecule has 0 fully saturated rings. The quantitative estimate of drug-likeness (QED) is 0.559. The lowest BCUT2D eigenvalue weighted by molar-refractivity contribution is 0.475. The van der Waals surface area contributed by atoms with Crippen molar-refractivity contribution in [2.75, 3.05) is 0 Å². The summed E-state index contributed by atoms with van der Waals surface area (Å²) in [6.45, 7) is 3.92. The molecule has 0 spiro atoms. The highest BCUT2D eigenvalue weighted by molar-refractivity contribution is 6.30. The van der Waals surface area contributed by atoms with Gasteiger partial charge in [-0.05, 0) is 35.9 Å². The molecule has 0 unspecified atom stereocenters. The molecule has 0 bridgehead atoms. The summed E-state index contributed by atoms with van der Waals surface area (Å²) >= 11 is 5.86. The van der Waals surface area contributed by atoms with Crippen molar-refractivity contribution in [3.8, 4) is 5.75 Å². The van der Waals surface area contributed by atoms with Crippen LogP contribution in [0.3, 0.4) is 0 Å². The third kappa shape index (κ3) is 3.33. The lowest BCUT2D eigenvalue weighted by Gasteiger charge is -2.06. The Balaban J connectivity index is 1.82. The van der Waals surface area contributed by atoms with Gasteiger partial charge in [-0.2, -0.15) is 5.10 Å². The second-order valence-corrected chi connectivity index (χ2v) is 5.37. The average Bonchev–Trinajstić information content (AvgIpc) is 2.57. The minimum atomic E-state index is 0.124. The van der Waals surface area contributed by atoms with Crippen LogP contribution in [0, 0.1) is 0 Å². The number of pyridine rings is 1. The smallest absolute Gasteiger partial charge is 0.126 e. The normalized spacial score (nSPS) is 11.0. The zero-order valence-corrected chi connectivity index (χ0v) is 13.0. The molecule has 0 atom stereocenters. The highest BCUT2D eigenvalue weighted by Crippen LogP contribution is 2.23. The first-order chi connectivity index (χ1) is 11.1. The zero-order chi connectivity index (χ0) is 16.2. The number of hydrogen-bond donors (Lipinski definition) is 2. The van der Waals surface area contributed by atoms with Gasteiger partial charge in [0.1, 0.15) is 5.75 Å². The largest absolute Gasteiger partial charge is 0.507 e. The fourth-order valence-electron chi connectivity index (χ4n) is 2.17. The third-order valence-electron chi connectivity index (χ3n) is 3.38. The Labute approximate surface area is 138 Å². The van der Waals surface area contributed by atoms with Crippen molar-refractivity contribution in [1.29, 1.82) is 0 Å². The van der Waals surface area contributed by atoms with Crippen LogP contribution in [0.2, 0.25) is 5.02 Å². The van der Waals surface area contributed by atoms with Crippen molar-refractivity contribution < 1.29 is 5.11 Å². The average molecular weight is 324 g/mol. The van der Waals surface area contributed by atoms with Gasteiger partial charge >= 0.3 is 0 Å². The molecule has 0 saturated carbocycles. The summed E-state index contributed by atoms with van der Waals surface area (Å²) in [4.78, 5) is 4.29. The summed E-state index contributed by atoms with van der Waals surface area (Å²) in [6.07, 6.45) is 3.21. The number of fused-ring (bicyclic) bond motifs is 1. The minimum Gasteiger partial charge on any atom is -0.507 e. The molecule has 0 saturated heterocycles. The van der Waals surface area contributed by atoms with E-state index in [2.05, 4.69) is 22.1 Å². The molecule has 0 aliphatic rings. The lowest BCUT2D eigenvalue weighted by atomic mass is 10.1. The Hall–Kier alpha value is -2.85. The highest BCUT2D eigenvalue weighted by atomic mass is 35.5. The van der Waals surface area contributed by atoms with Gasteiger partial charge in [-0.1, -0.05) is 36.4 Å². The molecular formula is C18H14ClN3O. The number of rotatable bonds is 4. The van der Waals surface area contributed by atoms with E-state index in [0.29, 0.717) is 21.8 Å². The van der Waals surface area contributed by atoms with Crippen LogP contribution in [0.15, 0.2) is 66.4 Å². The molecule has 4 nitrogen and oxygen atoms in total. The van der Waals surface area contributed by atoms with Gasteiger partial charge in [-0.15, -0.1) is 0 Å². The van der Waals surface area contributed by atoms with Gasteiger partial charge < -0.3 is 5.11 Å². The molecule has 1 aromatic heterocycles. The van der Waals surface area contributed by atoms with E-state index in [1.54, 1.807) is 24.4 Å². The molecule has 5 heteroatoms. The van der Waals surface area contributed by atoms with Gasteiger partial charge in [-0.3, -0.25) is 10.4 Å². The standard InChI is InChI=1S/C18H14ClN3O/c1-12(13-4-7-15(19)8-5-13)22-21-11-16-17(23)9-6-14-3-2-10-20-18(14)16/h2-11,22-23H,1H2/b21-11+. The number of hydrazone groups is 1. The Morgan fingerprint density at radius 2 is 1.96 bits per heavy atom. The molecule has 2 N–H and O–H groups in total. The molecule has 2 aromatic carbocycles. The summed E-state index contributed by atoms with van der Waals surface area (Å²) < 4.78 is 0. The fourth-order valence-corrected chi connectivity index (χ4v) is 2.30. The summed E-state index contributed by atoms with van der Waals surface area (Å²) in [5.41, 5.74) is 5.61. The van der Waals surface area contributed by atoms with Gasteiger partial charge in [0.05, 0.1) is 23.0 Å². The lowest BCUT2D eigenvalue weighted by Crippen LogP contribution is -2.03. The molecule has 0 radical (unpaired) electrons. The molecule has 0 aliphatic carbocycles. The predicted octanol–water partition coefficient (Wildman–Crippen LogP) is 4.19. The van der Waals surface area contributed by atoms with E-state index in [4.69, 9.17) is 11.6 Å². The number of aromatic nitrogens is 1. The second kappa shape index (κ2) is 6.50. The number of hydrogen-bond acceptors (Lipinski definition) is 4. The first-order valence-corrected chi connectivity index (χ1v) is 7.33. The number of phenolic OH excluding ortho intramolecular Hbond substituents is 1.